The van der Waals surface area contributed by atoms with Gasteiger partial charge < -0.3 is 20.1 Å². The number of benzene rings is 2. The summed E-state index contributed by atoms with van der Waals surface area (Å²) in [5.74, 6) is -1.72. The fourth-order valence-corrected chi connectivity index (χ4v) is 2.25. The van der Waals surface area contributed by atoms with Crippen molar-refractivity contribution in [3.63, 3.8) is 0 Å². The maximum atomic E-state index is 12.1. The maximum Gasteiger partial charge on any atom is 0.340 e. The molecule has 26 heavy (non-hydrogen) atoms. The molecule has 0 bridgehead atoms. The van der Waals surface area contributed by atoms with E-state index in [1.165, 1.54) is 0 Å². The minimum Gasteiger partial charge on any atom is -0.462 e. The topological polar surface area (TPSA) is 93.7 Å². The van der Waals surface area contributed by atoms with Crippen molar-refractivity contribution in [3.8, 4) is 0 Å². The second kappa shape index (κ2) is 9.22. The van der Waals surface area contributed by atoms with E-state index in [2.05, 4.69) is 10.6 Å². The third kappa shape index (κ3) is 4.83. The van der Waals surface area contributed by atoms with Gasteiger partial charge in [0.15, 0.2) is 6.61 Å². The molecule has 2 N–H and O–H groups in total. The summed E-state index contributed by atoms with van der Waals surface area (Å²) in [4.78, 5) is 36.1. The summed E-state index contributed by atoms with van der Waals surface area (Å²) >= 11 is 0. The van der Waals surface area contributed by atoms with Crippen LogP contribution in [0.2, 0.25) is 0 Å². The smallest absolute Gasteiger partial charge is 0.340 e. The highest BCUT2D eigenvalue weighted by Crippen LogP contribution is 2.17. The van der Waals surface area contributed by atoms with E-state index < -0.39 is 24.5 Å². The number of esters is 2. The molecule has 0 spiro atoms. The molecule has 2 rings (SSSR count). The molecule has 0 saturated carbocycles. The summed E-state index contributed by atoms with van der Waals surface area (Å²) in [6.07, 6.45) is 0. The third-order valence-corrected chi connectivity index (χ3v) is 3.45. The molecular weight excluding hydrogens is 336 g/mol. The number of carbonyl (C=O) groups is 3. The molecule has 0 heterocycles. The van der Waals surface area contributed by atoms with Crippen molar-refractivity contribution < 1.29 is 23.9 Å². The normalized spacial score (nSPS) is 9.92. The number of hydrogen-bond acceptors (Lipinski definition) is 6. The van der Waals surface area contributed by atoms with E-state index >= 15 is 0 Å². The van der Waals surface area contributed by atoms with Crippen LogP contribution in [-0.4, -0.2) is 38.1 Å². The molecule has 7 heteroatoms. The Morgan fingerprint density at radius 3 is 2.00 bits per heavy atom. The van der Waals surface area contributed by atoms with E-state index in [1.54, 1.807) is 62.5 Å². The lowest BCUT2D eigenvalue weighted by Crippen LogP contribution is -2.22. The van der Waals surface area contributed by atoms with Gasteiger partial charge in [0.25, 0.3) is 5.91 Å². The first kappa shape index (κ1) is 19.0. The van der Waals surface area contributed by atoms with Gasteiger partial charge in [-0.25, -0.2) is 9.59 Å². The van der Waals surface area contributed by atoms with Crippen LogP contribution in [0.15, 0.2) is 48.5 Å². The highest BCUT2D eigenvalue weighted by Gasteiger charge is 2.16. The predicted octanol–water partition coefficient (Wildman–Crippen LogP) is 2.70. The summed E-state index contributed by atoms with van der Waals surface area (Å²) in [5, 5.41) is 5.44. The summed E-state index contributed by atoms with van der Waals surface area (Å²) in [5.41, 5.74) is 1.46. The van der Waals surface area contributed by atoms with Gasteiger partial charge in [0.05, 0.1) is 23.4 Å². The van der Waals surface area contributed by atoms with Gasteiger partial charge in [-0.3, -0.25) is 4.79 Å². The molecule has 2 aromatic carbocycles. The first-order chi connectivity index (χ1) is 12.6. The molecule has 2 aromatic rings. The summed E-state index contributed by atoms with van der Waals surface area (Å²) in [7, 11) is 1.69. The molecule has 0 saturated heterocycles. The molecule has 0 aliphatic heterocycles. The molecule has 0 aliphatic rings. The molecule has 0 radical (unpaired) electrons. The zero-order valence-corrected chi connectivity index (χ0v) is 14.6. The van der Waals surface area contributed by atoms with E-state index in [-0.39, 0.29) is 12.2 Å². The van der Waals surface area contributed by atoms with Crippen LogP contribution >= 0.6 is 0 Å². The van der Waals surface area contributed by atoms with Crippen molar-refractivity contribution in [3.05, 3.63) is 59.7 Å². The van der Waals surface area contributed by atoms with Crippen LogP contribution in [0.4, 0.5) is 11.4 Å². The number of ether oxygens (including phenoxy) is 2. The summed E-state index contributed by atoms with van der Waals surface area (Å²) in [6.45, 7) is 1.44. The van der Waals surface area contributed by atoms with E-state index in [0.717, 1.165) is 0 Å². The van der Waals surface area contributed by atoms with Crippen LogP contribution in [0.3, 0.4) is 0 Å². The van der Waals surface area contributed by atoms with Crippen molar-refractivity contribution in [2.45, 2.75) is 6.92 Å². The SMILES string of the molecule is CCOC(=O)c1ccccc1NC(=O)COC(=O)c1ccccc1NC. The molecule has 7 nitrogen and oxygen atoms in total. The van der Waals surface area contributed by atoms with Gasteiger partial charge in [-0.1, -0.05) is 24.3 Å². The number of para-hydroxylation sites is 2. The van der Waals surface area contributed by atoms with Crippen LogP contribution in [0.5, 0.6) is 0 Å². The number of nitrogens with one attached hydrogen (secondary N) is 2. The molecule has 0 unspecified atom stereocenters. The Balaban J connectivity index is 1.99. The Hall–Kier alpha value is -3.35. The van der Waals surface area contributed by atoms with Crippen LogP contribution in [0.25, 0.3) is 0 Å². The maximum absolute atomic E-state index is 12.1. The second-order valence-corrected chi connectivity index (χ2v) is 5.19. The Morgan fingerprint density at radius 1 is 0.846 bits per heavy atom. The number of amides is 1. The van der Waals surface area contributed by atoms with Gasteiger partial charge in [-0.15, -0.1) is 0 Å². The highest BCUT2D eigenvalue weighted by molar-refractivity contribution is 6.02. The highest BCUT2D eigenvalue weighted by atomic mass is 16.5. The van der Waals surface area contributed by atoms with E-state index in [1.807, 2.05) is 0 Å². The minimum absolute atomic E-state index is 0.226. The van der Waals surface area contributed by atoms with Gasteiger partial charge in [0.2, 0.25) is 0 Å². The van der Waals surface area contributed by atoms with Gasteiger partial charge in [-0.2, -0.15) is 0 Å². The molecule has 1 amide bonds. The lowest BCUT2D eigenvalue weighted by Gasteiger charge is -2.11. The number of carbonyl (C=O) groups excluding carboxylic acids is 3. The number of anilines is 2. The lowest BCUT2D eigenvalue weighted by molar-refractivity contribution is -0.119. The average molecular weight is 356 g/mol. The number of hydrogen-bond donors (Lipinski definition) is 2. The van der Waals surface area contributed by atoms with E-state index in [0.29, 0.717) is 16.9 Å². The monoisotopic (exact) mass is 356 g/mol. The van der Waals surface area contributed by atoms with E-state index in [9.17, 15) is 14.4 Å². The Kier molecular flexibility index (Phi) is 6.73. The fourth-order valence-electron chi connectivity index (χ4n) is 2.25. The molecule has 0 atom stereocenters. The predicted molar refractivity (Wildman–Crippen MR) is 97.3 cm³/mol. The quantitative estimate of drug-likeness (QED) is 0.741. The van der Waals surface area contributed by atoms with Crippen molar-refractivity contribution in [2.75, 3.05) is 30.9 Å². The molecular formula is C19H20N2O5. The van der Waals surface area contributed by atoms with Crippen molar-refractivity contribution in [2.24, 2.45) is 0 Å². The lowest BCUT2D eigenvalue weighted by atomic mass is 10.2. The zero-order valence-electron chi connectivity index (χ0n) is 14.6. The number of rotatable bonds is 7. The first-order valence-electron chi connectivity index (χ1n) is 8.06. The molecule has 0 fully saturated rings. The molecule has 0 aliphatic carbocycles. The Labute approximate surface area is 151 Å². The zero-order chi connectivity index (χ0) is 18.9. The summed E-state index contributed by atoms with van der Waals surface area (Å²) in [6, 6.07) is 13.3. The van der Waals surface area contributed by atoms with Gasteiger partial charge in [0, 0.05) is 12.7 Å². The first-order valence-corrected chi connectivity index (χ1v) is 8.06. The van der Waals surface area contributed by atoms with Crippen molar-refractivity contribution in [1.29, 1.82) is 0 Å². The average Bonchev–Trinajstić information content (AvgIpc) is 2.66. The van der Waals surface area contributed by atoms with Crippen LogP contribution < -0.4 is 10.6 Å². The van der Waals surface area contributed by atoms with Crippen LogP contribution in [0, 0.1) is 0 Å². The third-order valence-electron chi connectivity index (χ3n) is 3.45. The Bertz CT molecular complexity index is 804. The standard InChI is InChI=1S/C19H20N2O5/c1-3-25-18(23)14-9-5-7-11-16(14)21-17(22)12-26-19(24)13-8-4-6-10-15(13)20-2/h4-11,20H,3,12H2,1-2H3,(H,21,22). The van der Waals surface area contributed by atoms with Crippen LogP contribution in [-0.2, 0) is 14.3 Å². The molecule has 0 aromatic heterocycles. The largest absolute Gasteiger partial charge is 0.462 e. The van der Waals surface area contributed by atoms with Gasteiger partial charge in [-0.05, 0) is 31.2 Å². The molecule has 136 valence electrons. The fraction of sp³-hybridized carbons (Fsp3) is 0.211. The van der Waals surface area contributed by atoms with Crippen molar-refractivity contribution in [1.82, 2.24) is 0 Å². The van der Waals surface area contributed by atoms with Crippen molar-refractivity contribution >= 4 is 29.2 Å². The van der Waals surface area contributed by atoms with Crippen LogP contribution in [0.1, 0.15) is 27.6 Å². The Morgan fingerprint density at radius 2 is 1.38 bits per heavy atom. The second-order valence-electron chi connectivity index (χ2n) is 5.19. The van der Waals surface area contributed by atoms with E-state index in [4.69, 9.17) is 9.47 Å². The van der Waals surface area contributed by atoms with Gasteiger partial charge in [0.1, 0.15) is 0 Å². The summed E-state index contributed by atoms with van der Waals surface area (Å²) < 4.78 is 9.99. The minimum atomic E-state index is -0.622. The van der Waals surface area contributed by atoms with Gasteiger partial charge >= 0.3 is 11.9 Å².